The number of rotatable bonds is 5. The van der Waals surface area contributed by atoms with Crippen molar-refractivity contribution in [2.45, 2.75) is 25.9 Å². The first-order valence-electron chi connectivity index (χ1n) is 4.81. The van der Waals surface area contributed by atoms with E-state index in [0.29, 0.717) is 6.04 Å². The smallest absolute Gasteiger partial charge is 0.0445 e. The van der Waals surface area contributed by atoms with Gasteiger partial charge in [-0.15, -0.1) is 0 Å². The van der Waals surface area contributed by atoms with Crippen molar-refractivity contribution >= 4 is 15.9 Å². The minimum absolute atomic E-state index is 0.243. The van der Waals surface area contributed by atoms with Gasteiger partial charge in [0.1, 0.15) is 0 Å². The van der Waals surface area contributed by atoms with Crippen LogP contribution >= 0.6 is 15.9 Å². The Bertz CT molecular complexity index is 278. The third kappa shape index (κ3) is 4.22. The summed E-state index contributed by atoms with van der Waals surface area (Å²) in [6.07, 6.45) is 0.800. The van der Waals surface area contributed by atoms with E-state index in [-0.39, 0.29) is 6.61 Å². The van der Waals surface area contributed by atoms with Crippen LogP contribution in [0.15, 0.2) is 28.7 Å². The van der Waals surface area contributed by atoms with Crippen molar-refractivity contribution in [3.8, 4) is 0 Å². The first-order valence-corrected chi connectivity index (χ1v) is 5.60. The largest absolute Gasteiger partial charge is 0.396 e. The second-order valence-electron chi connectivity index (χ2n) is 3.42. The first kappa shape index (κ1) is 11.7. The van der Waals surface area contributed by atoms with Crippen LogP contribution in [0, 0.1) is 0 Å². The molecule has 0 aliphatic carbocycles. The van der Waals surface area contributed by atoms with E-state index in [1.54, 1.807) is 0 Å². The molecule has 14 heavy (non-hydrogen) atoms. The van der Waals surface area contributed by atoms with Gasteiger partial charge in [-0.1, -0.05) is 28.1 Å². The summed E-state index contributed by atoms with van der Waals surface area (Å²) in [7, 11) is 0. The molecule has 0 radical (unpaired) electrons. The predicted octanol–water partition coefficient (Wildman–Crippen LogP) is 2.31. The zero-order valence-electron chi connectivity index (χ0n) is 8.33. The number of halogens is 1. The molecule has 0 amide bonds. The van der Waals surface area contributed by atoms with E-state index < -0.39 is 0 Å². The molecule has 1 rings (SSSR count). The topological polar surface area (TPSA) is 32.3 Å². The third-order valence-electron chi connectivity index (χ3n) is 2.11. The van der Waals surface area contributed by atoms with Crippen molar-refractivity contribution in [3.63, 3.8) is 0 Å². The van der Waals surface area contributed by atoms with E-state index in [4.69, 9.17) is 5.11 Å². The van der Waals surface area contributed by atoms with Crippen LogP contribution in [-0.2, 0) is 6.54 Å². The highest BCUT2D eigenvalue weighted by Crippen LogP contribution is 2.11. The van der Waals surface area contributed by atoms with Crippen LogP contribution < -0.4 is 5.32 Å². The second kappa shape index (κ2) is 6.17. The lowest BCUT2D eigenvalue weighted by molar-refractivity contribution is 0.268. The normalized spacial score (nSPS) is 12.8. The molecule has 0 fully saturated rings. The summed E-state index contributed by atoms with van der Waals surface area (Å²) < 4.78 is 1.10. The Kier molecular flexibility index (Phi) is 5.15. The molecule has 0 unspecified atom stereocenters. The summed E-state index contributed by atoms with van der Waals surface area (Å²) in [5.74, 6) is 0. The predicted molar refractivity (Wildman–Crippen MR) is 62.1 cm³/mol. The lowest BCUT2D eigenvalue weighted by atomic mass is 10.2. The van der Waals surface area contributed by atoms with E-state index >= 15 is 0 Å². The van der Waals surface area contributed by atoms with Crippen molar-refractivity contribution < 1.29 is 5.11 Å². The monoisotopic (exact) mass is 257 g/mol. The average Bonchev–Trinajstić information content (AvgIpc) is 2.15. The van der Waals surface area contributed by atoms with Crippen LogP contribution in [0.3, 0.4) is 0 Å². The van der Waals surface area contributed by atoms with Crippen LogP contribution in [0.5, 0.6) is 0 Å². The molecule has 1 aromatic carbocycles. The van der Waals surface area contributed by atoms with E-state index in [1.165, 1.54) is 5.56 Å². The number of benzene rings is 1. The SMILES string of the molecule is C[C@H](CCO)NCc1cccc(Br)c1. The van der Waals surface area contributed by atoms with E-state index in [0.717, 1.165) is 17.4 Å². The molecule has 2 N–H and O–H groups in total. The number of nitrogens with one attached hydrogen (secondary N) is 1. The third-order valence-corrected chi connectivity index (χ3v) is 2.60. The fraction of sp³-hybridized carbons (Fsp3) is 0.455. The Morgan fingerprint density at radius 1 is 1.50 bits per heavy atom. The van der Waals surface area contributed by atoms with Crippen molar-refractivity contribution in [2.24, 2.45) is 0 Å². The van der Waals surface area contributed by atoms with Gasteiger partial charge in [-0.05, 0) is 31.0 Å². The molecule has 0 aliphatic rings. The molecular formula is C11H16BrNO. The molecule has 0 spiro atoms. The minimum Gasteiger partial charge on any atom is -0.396 e. The molecule has 3 heteroatoms. The summed E-state index contributed by atoms with van der Waals surface area (Å²) in [4.78, 5) is 0. The molecular weight excluding hydrogens is 242 g/mol. The maximum Gasteiger partial charge on any atom is 0.0445 e. The molecule has 1 aromatic rings. The molecule has 2 nitrogen and oxygen atoms in total. The van der Waals surface area contributed by atoms with Gasteiger partial charge in [0.15, 0.2) is 0 Å². The van der Waals surface area contributed by atoms with Crippen LogP contribution in [0.2, 0.25) is 0 Å². The maximum absolute atomic E-state index is 8.73. The van der Waals surface area contributed by atoms with Gasteiger partial charge < -0.3 is 10.4 Å². The highest BCUT2D eigenvalue weighted by molar-refractivity contribution is 9.10. The van der Waals surface area contributed by atoms with Crippen LogP contribution in [-0.4, -0.2) is 17.8 Å². The molecule has 0 saturated heterocycles. The summed E-state index contributed by atoms with van der Waals surface area (Å²) in [5.41, 5.74) is 1.25. The molecule has 0 saturated carbocycles. The van der Waals surface area contributed by atoms with Crippen molar-refractivity contribution in [1.29, 1.82) is 0 Å². The molecule has 78 valence electrons. The van der Waals surface area contributed by atoms with Crippen molar-refractivity contribution in [3.05, 3.63) is 34.3 Å². The Labute approximate surface area is 93.5 Å². The summed E-state index contributed by atoms with van der Waals surface area (Å²) in [6.45, 7) is 3.17. The van der Waals surface area contributed by atoms with Gasteiger partial charge >= 0.3 is 0 Å². The average molecular weight is 258 g/mol. The molecule has 0 bridgehead atoms. The molecule has 0 heterocycles. The lowest BCUT2D eigenvalue weighted by Crippen LogP contribution is -2.26. The van der Waals surface area contributed by atoms with Gasteiger partial charge in [-0.2, -0.15) is 0 Å². The number of hydrogen-bond acceptors (Lipinski definition) is 2. The Morgan fingerprint density at radius 3 is 2.93 bits per heavy atom. The fourth-order valence-electron chi connectivity index (χ4n) is 1.23. The maximum atomic E-state index is 8.73. The van der Waals surface area contributed by atoms with Gasteiger partial charge in [0.05, 0.1) is 0 Å². The number of hydrogen-bond donors (Lipinski definition) is 2. The fourth-order valence-corrected chi connectivity index (χ4v) is 1.68. The summed E-state index contributed by atoms with van der Waals surface area (Å²) in [6, 6.07) is 8.58. The van der Waals surface area contributed by atoms with Crippen molar-refractivity contribution in [1.82, 2.24) is 5.32 Å². The van der Waals surface area contributed by atoms with Crippen LogP contribution in [0.1, 0.15) is 18.9 Å². The number of aliphatic hydroxyl groups excluding tert-OH is 1. The van der Waals surface area contributed by atoms with Crippen molar-refractivity contribution in [2.75, 3.05) is 6.61 Å². The lowest BCUT2D eigenvalue weighted by Gasteiger charge is -2.12. The Balaban J connectivity index is 2.37. The van der Waals surface area contributed by atoms with E-state index in [1.807, 2.05) is 12.1 Å². The van der Waals surface area contributed by atoms with Gasteiger partial charge in [0.25, 0.3) is 0 Å². The van der Waals surface area contributed by atoms with E-state index in [2.05, 4.69) is 40.3 Å². The van der Waals surface area contributed by atoms with Crippen LogP contribution in [0.4, 0.5) is 0 Å². The highest BCUT2D eigenvalue weighted by atomic mass is 79.9. The quantitative estimate of drug-likeness (QED) is 0.849. The Hall–Kier alpha value is -0.380. The first-order chi connectivity index (χ1) is 6.72. The summed E-state index contributed by atoms with van der Waals surface area (Å²) >= 11 is 3.43. The highest BCUT2D eigenvalue weighted by Gasteiger charge is 2.00. The molecule has 0 aliphatic heterocycles. The van der Waals surface area contributed by atoms with E-state index in [9.17, 15) is 0 Å². The summed E-state index contributed by atoms with van der Waals surface area (Å²) in [5, 5.41) is 12.1. The number of aliphatic hydroxyl groups is 1. The zero-order valence-corrected chi connectivity index (χ0v) is 9.92. The Morgan fingerprint density at radius 2 is 2.29 bits per heavy atom. The van der Waals surface area contributed by atoms with Gasteiger partial charge in [0.2, 0.25) is 0 Å². The van der Waals surface area contributed by atoms with Gasteiger partial charge in [-0.25, -0.2) is 0 Å². The zero-order chi connectivity index (χ0) is 10.4. The molecule has 1 atom stereocenters. The van der Waals surface area contributed by atoms with Gasteiger partial charge in [-0.3, -0.25) is 0 Å². The second-order valence-corrected chi connectivity index (χ2v) is 4.34. The standard InChI is InChI=1S/C11H16BrNO/c1-9(5-6-14)13-8-10-3-2-4-11(12)7-10/h2-4,7,9,13-14H,5-6,8H2,1H3/t9-/m1/s1. The molecule has 0 aromatic heterocycles. The van der Waals surface area contributed by atoms with Crippen LogP contribution in [0.25, 0.3) is 0 Å². The van der Waals surface area contributed by atoms with Gasteiger partial charge in [0, 0.05) is 23.7 Å². The minimum atomic E-state index is 0.243.